The molecular weight excluding hydrogens is 334 g/mol. The van der Waals surface area contributed by atoms with Crippen molar-refractivity contribution >= 4 is 23.2 Å². The standard InChI is InChI=1S/C20H24ClN3O/c21-18-8-6-17(7-9-18)16-22-11-10-20(25)24-14-12-23(13-15-24)19-4-2-1-3-5-19/h1-9,22H,10-16H2. The molecule has 25 heavy (non-hydrogen) atoms. The number of hydrogen-bond acceptors (Lipinski definition) is 3. The fourth-order valence-electron chi connectivity index (χ4n) is 3.04. The van der Waals surface area contributed by atoms with Crippen molar-refractivity contribution in [3.05, 3.63) is 65.2 Å². The topological polar surface area (TPSA) is 35.6 Å². The van der Waals surface area contributed by atoms with Crippen molar-refractivity contribution < 1.29 is 4.79 Å². The number of carbonyl (C=O) groups excluding carboxylic acids is 1. The number of amides is 1. The van der Waals surface area contributed by atoms with Crippen LogP contribution in [0, 0.1) is 0 Å². The molecule has 1 N–H and O–H groups in total. The van der Waals surface area contributed by atoms with Gasteiger partial charge in [0.15, 0.2) is 0 Å². The van der Waals surface area contributed by atoms with E-state index in [0.717, 1.165) is 37.7 Å². The number of nitrogens with one attached hydrogen (secondary N) is 1. The largest absolute Gasteiger partial charge is 0.368 e. The first kappa shape index (κ1) is 17.8. The number of benzene rings is 2. The summed E-state index contributed by atoms with van der Waals surface area (Å²) < 4.78 is 0. The molecule has 132 valence electrons. The number of hydrogen-bond donors (Lipinski definition) is 1. The van der Waals surface area contributed by atoms with Gasteiger partial charge in [0, 0.05) is 56.4 Å². The van der Waals surface area contributed by atoms with Crippen LogP contribution in [-0.2, 0) is 11.3 Å². The zero-order valence-corrected chi connectivity index (χ0v) is 15.1. The minimum Gasteiger partial charge on any atom is -0.368 e. The van der Waals surface area contributed by atoms with Gasteiger partial charge in [-0.3, -0.25) is 4.79 Å². The lowest BCUT2D eigenvalue weighted by Crippen LogP contribution is -2.49. The van der Waals surface area contributed by atoms with E-state index >= 15 is 0 Å². The summed E-state index contributed by atoms with van der Waals surface area (Å²) in [5.74, 6) is 0.233. The maximum Gasteiger partial charge on any atom is 0.223 e. The lowest BCUT2D eigenvalue weighted by Gasteiger charge is -2.36. The molecule has 4 nitrogen and oxygen atoms in total. The molecule has 0 unspecified atom stereocenters. The summed E-state index contributed by atoms with van der Waals surface area (Å²) in [6, 6.07) is 18.2. The zero-order valence-electron chi connectivity index (χ0n) is 14.3. The number of carbonyl (C=O) groups is 1. The van der Waals surface area contributed by atoms with Gasteiger partial charge in [-0.05, 0) is 29.8 Å². The Bertz CT molecular complexity index is 667. The molecule has 1 saturated heterocycles. The maximum atomic E-state index is 12.3. The number of anilines is 1. The van der Waals surface area contributed by atoms with Crippen LogP contribution in [-0.4, -0.2) is 43.5 Å². The Morgan fingerprint density at radius 3 is 2.32 bits per heavy atom. The van der Waals surface area contributed by atoms with Crippen molar-refractivity contribution in [2.75, 3.05) is 37.6 Å². The molecular formula is C20H24ClN3O. The van der Waals surface area contributed by atoms with Gasteiger partial charge in [-0.2, -0.15) is 0 Å². The molecule has 2 aromatic rings. The van der Waals surface area contributed by atoms with Gasteiger partial charge in [0.25, 0.3) is 0 Å². The van der Waals surface area contributed by atoms with Gasteiger partial charge in [-0.15, -0.1) is 0 Å². The normalized spacial score (nSPS) is 14.6. The lowest BCUT2D eigenvalue weighted by molar-refractivity contribution is -0.131. The van der Waals surface area contributed by atoms with Crippen molar-refractivity contribution in [3.63, 3.8) is 0 Å². The molecule has 0 spiro atoms. The molecule has 0 radical (unpaired) electrons. The van der Waals surface area contributed by atoms with Gasteiger partial charge in [-0.1, -0.05) is 41.9 Å². The van der Waals surface area contributed by atoms with E-state index in [1.165, 1.54) is 11.3 Å². The Kier molecular flexibility index (Phi) is 6.31. The van der Waals surface area contributed by atoms with E-state index < -0.39 is 0 Å². The molecule has 1 fully saturated rings. The molecule has 1 aliphatic heterocycles. The molecule has 0 atom stereocenters. The summed E-state index contributed by atoms with van der Waals surface area (Å²) >= 11 is 5.88. The highest BCUT2D eigenvalue weighted by molar-refractivity contribution is 6.30. The highest BCUT2D eigenvalue weighted by Gasteiger charge is 2.20. The van der Waals surface area contributed by atoms with Gasteiger partial charge < -0.3 is 15.1 Å². The predicted octanol–water partition coefficient (Wildman–Crippen LogP) is 3.17. The number of nitrogens with zero attached hydrogens (tertiary/aromatic N) is 2. The van der Waals surface area contributed by atoms with Gasteiger partial charge in [-0.25, -0.2) is 0 Å². The average Bonchev–Trinajstić information content (AvgIpc) is 2.67. The number of rotatable bonds is 6. The number of para-hydroxylation sites is 1. The maximum absolute atomic E-state index is 12.3. The van der Waals surface area contributed by atoms with E-state index in [9.17, 15) is 4.79 Å². The molecule has 1 heterocycles. The number of piperazine rings is 1. The summed E-state index contributed by atoms with van der Waals surface area (Å²) in [5.41, 5.74) is 2.41. The van der Waals surface area contributed by atoms with Gasteiger partial charge in [0.1, 0.15) is 0 Å². The first-order chi connectivity index (χ1) is 12.2. The highest BCUT2D eigenvalue weighted by atomic mass is 35.5. The van der Waals surface area contributed by atoms with E-state index in [-0.39, 0.29) is 5.91 Å². The third kappa shape index (κ3) is 5.21. The molecule has 0 aromatic heterocycles. The van der Waals surface area contributed by atoms with Crippen molar-refractivity contribution in [1.82, 2.24) is 10.2 Å². The molecule has 1 aliphatic rings. The van der Waals surface area contributed by atoms with Crippen LogP contribution in [0.5, 0.6) is 0 Å². The monoisotopic (exact) mass is 357 g/mol. The van der Waals surface area contributed by atoms with Crippen LogP contribution in [0.1, 0.15) is 12.0 Å². The van der Waals surface area contributed by atoms with Crippen LogP contribution < -0.4 is 10.2 Å². The summed E-state index contributed by atoms with van der Waals surface area (Å²) in [7, 11) is 0. The lowest BCUT2D eigenvalue weighted by atomic mass is 10.2. The van der Waals surface area contributed by atoms with E-state index in [0.29, 0.717) is 13.0 Å². The Hall–Kier alpha value is -2.04. The average molecular weight is 358 g/mol. The first-order valence-electron chi connectivity index (χ1n) is 8.75. The van der Waals surface area contributed by atoms with E-state index in [4.69, 9.17) is 11.6 Å². The fraction of sp³-hybridized carbons (Fsp3) is 0.350. The third-order valence-corrected chi connectivity index (χ3v) is 4.76. The smallest absolute Gasteiger partial charge is 0.223 e. The molecule has 0 aliphatic carbocycles. The first-order valence-corrected chi connectivity index (χ1v) is 9.13. The minimum atomic E-state index is 0.233. The van der Waals surface area contributed by atoms with Crippen molar-refractivity contribution in [1.29, 1.82) is 0 Å². The minimum absolute atomic E-state index is 0.233. The van der Waals surface area contributed by atoms with Gasteiger partial charge >= 0.3 is 0 Å². The highest BCUT2D eigenvalue weighted by Crippen LogP contribution is 2.15. The SMILES string of the molecule is O=C(CCNCc1ccc(Cl)cc1)N1CCN(c2ccccc2)CC1. The van der Waals surface area contributed by atoms with E-state index in [1.54, 1.807) is 0 Å². The molecule has 0 bridgehead atoms. The van der Waals surface area contributed by atoms with Gasteiger partial charge in [0.05, 0.1) is 0 Å². The summed E-state index contributed by atoms with van der Waals surface area (Å²) in [4.78, 5) is 16.7. The quantitative estimate of drug-likeness (QED) is 0.806. The molecule has 0 saturated carbocycles. The van der Waals surface area contributed by atoms with Crippen LogP contribution in [0.25, 0.3) is 0 Å². The molecule has 1 amide bonds. The van der Waals surface area contributed by atoms with E-state index in [1.807, 2.05) is 35.2 Å². The van der Waals surface area contributed by atoms with Crippen molar-refractivity contribution in [2.24, 2.45) is 0 Å². The fourth-order valence-corrected chi connectivity index (χ4v) is 3.17. The molecule has 5 heteroatoms. The van der Waals surface area contributed by atoms with Crippen LogP contribution in [0.4, 0.5) is 5.69 Å². The summed E-state index contributed by atoms with van der Waals surface area (Å²) in [6.07, 6.45) is 0.541. The van der Waals surface area contributed by atoms with Crippen LogP contribution in [0.3, 0.4) is 0 Å². The summed E-state index contributed by atoms with van der Waals surface area (Å²) in [6.45, 7) is 4.84. The molecule has 2 aromatic carbocycles. The Morgan fingerprint density at radius 2 is 1.64 bits per heavy atom. The van der Waals surface area contributed by atoms with Crippen molar-refractivity contribution in [2.45, 2.75) is 13.0 Å². The van der Waals surface area contributed by atoms with Crippen LogP contribution in [0.15, 0.2) is 54.6 Å². The Balaban J connectivity index is 1.36. The third-order valence-electron chi connectivity index (χ3n) is 4.51. The Morgan fingerprint density at radius 1 is 0.960 bits per heavy atom. The summed E-state index contributed by atoms with van der Waals surface area (Å²) in [5, 5.41) is 4.07. The van der Waals surface area contributed by atoms with Crippen LogP contribution in [0.2, 0.25) is 5.02 Å². The van der Waals surface area contributed by atoms with Gasteiger partial charge in [0.2, 0.25) is 5.91 Å². The Labute approximate surface area is 154 Å². The van der Waals surface area contributed by atoms with Crippen LogP contribution >= 0.6 is 11.6 Å². The predicted molar refractivity (Wildman–Crippen MR) is 103 cm³/mol. The zero-order chi connectivity index (χ0) is 17.5. The van der Waals surface area contributed by atoms with E-state index in [2.05, 4.69) is 34.5 Å². The second-order valence-corrected chi connectivity index (χ2v) is 6.69. The number of halogens is 1. The van der Waals surface area contributed by atoms with Crippen molar-refractivity contribution in [3.8, 4) is 0 Å². The molecule has 3 rings (SSSR count). The second-order valence-electron chi connectivity index (χ2n) is 6.26. The second kappa shape index (κ2) is 8.88.